The maximum absolute atomic E-state index is 11.5. The van der Waals surface area contributed by atoms with Crippen molar-refractivity contribution in [3.05, 3.63) is 0 Å². The van der Waals surface area contributed by atoms with E-state index in [1.54, 1.807) is 0 Å². The van der Waals surface area contributed by atoms with Crippen LogP contribution in [0.4, 0.5) is 0 Å². The van der Waals surface area contributed by atoms with E-state index in [1.165, 1.54) is 38.5 Å². The van der Waals surface area contributed by atoms with Crippen LogP contribution in [-0.2, 0) is 43.3 Å². The van der Waals surface area contributed by atoms with E-state index >= 15 is 0 Å². The molecule has 17 heteroatoms. The normalized spacial score (nSPS) is 11.8. The second kappa shape index (κ2) is 26.1. The van der Waals surface area contributed by atoms with Crippen LogP contribution in [-0.4, -0.2) is 65.2 Å². The fourth-order valence-corrected chi connectivity index (χ4v) is 3.20. The van der Waals surface area contributed by atoms with Crippen molar-refractivity contribution in [1.82, 2.24) is 0 Å². The van der Waals surface area contributed by atoms with Crippen LogP contribution >= 0.6 is 0 Å². The number of carbonyl (C=O) groups is 5. The first-order chi connectivity index (χ1) is 17.1. The summed E-state index contributed by atoms with van der Waals surface area (Å²) in [6.07, 6.45) is 7.95. The average Bonchev–Trinajstić information content (AvgIpc) is 2.74. The molecule has 0 saturated heterocycles. The maximum atomic E-state index is 11.5. The Bertz CT molecular complexity index is 835. The van der Waals surface area contributed by atoms with E-state index in [0.717, 1.165) is 19.3 Å². The van der Waals surface area contributed by atoms with Crippen LogP contribution in [0, 0.1) is 0 Å². The number of hydrogen-bond donors (Lipinski definition) is 3. The molecule has 216 valence electrons. The van der Waals surface area contributed by atoms with Gasteiger partial charge in [0.05, 0.1) is 19.4 Å². The Labute approximate surface area is 272 Å². The Morgan fingerprint density at radius 3 is 1.59 bits per heavy atom. The average molecular weight is 603 g/mol. The number of unbranched alkanes of at least 4 members (excludes halogenated alkanes) is 9. The van der Waals surface area contributed by atoms with Crippen LogP contribution in [0.25, 0.3) is 0 Å². The van der Waals surface area contributed by atoms with Crippen LogP contribution < -0.4 is 69.3 Å². The van der Waals surface area contributed by atoms with Gasteiger partial charge in [0.1, 0.15) is 0 Å². The van der Waals surface area contributed by atoms with E-state index in [4.69, 9.17) is 14.4 Å². The zero-order valence-electron chi connectivity index (χ0n) is 22.8. The minimum atomic E-state index is -4.83. The van der Waals surface area contributed by atoms with Gasteiger partial charge in [0, 0.05) is 18.4 Å². The number of rotatable bonds is 20. The van der Waals surface area contributed by atoms with Crippen molar-refractivity contribution in [2.75, 3.05) is 6.61 Å². The molecular weight excluding hydrogens is 566 g/mol. The van der Waals surface area contributed by atoms with E-state index < -0.39 is 71.5 Å². The molecular formula is C22H36Na2O14S. The fourth-order valence-electron chi connectivity index (χ4n) is 2.88. The summed E-state index contributed by atoms with van der Waals surface area (Å²) in [4.78, 5) is 53.0. The predicted molar refractivity (Wildman–Crippen MR) is 122 cm³/mol. The first-order valence-electron chi connectivity index (χ1n) is 11.8. The van der Waals surface area contributed by atoms with Gasteiger partial charge in [-0.3, -0.25) is 14.1 Å². The van der Waals surface area contributed by atoms with Crippen molar-refractivity contribution in [3.8, 4) is 0 Å². The molecule has 0 spiro atoms. The second-order valence-corrected chi connectivity index (χ2v) is 9.24. The van der Waals surface area contributed by atoms with Gasteiger partial charge in [0.2, 0.25) is 0 Å². The van der Waals surface area contributed by atoms with E-state index in [9.17, 15) is 47.7 Å². The van der Waals surface area contributed by atoms with Crippen molar-refractivity contribution in [3.63, 3.8) is 0 Å². The fraction of sp³-hybridized carbons (Fsp3) is 0.773. The molecule has 0 bridgehead atoms. The Kier molecular flexibility index (Phi) is 30.3. The van der Waals surface area contributed by atoms with Gasteiger partial charge in [-0.05, 0) is 12.8 Å². The first-order valence-corrected chi connectivity index (χ1v) is 13.2. The molecule has 0 amide bonds. The number of hydrogen-bond acceptors (Lipinski definition) is 12. The van der Waals surface area contributed by atoms with Gasteiger partial charge in [-0.15, -0.1) is 0 Å². The molecule has 0 heterocycles. The summed E-state index contributed by atoms with van der Waals surface area (Å²) >= 11 is 0. The molecule has 3 N–H and O–H groups in total. The monoisotopic (exact) mass is 602 g/mol. The molecule has 0 aliphatic carbocycles. The van der Waals surface area contributed by atoms with Gasteiger partial charge in [-0.2, -0.15) is 8.42 Å². The van der Waals surface area contributed by atoms with E-state index in [0.29, 0.717) is 6.42 Å². The predicted octanol–water partition coefficient (Wildman–Crippen LogP) is -6.33. The number of carbonyl (C=O) groups excluding carboxylic acids is 4. The SMILES string of the molecule is CCCCCCCCCCCCOC(=O)CC(O)(CC(=O)[O-])C(=O)O.O=C([O-])CCC(=O)OS(=O)(=O)O.[Na+].[Na+]. The van der Waals surface area contributed by atoms with Crippen LogP contribution in [0.15, 0.2) is 0 Å². The Morgan fingerprint density at radius 2 is 1.21 bits per heavy atom. The summed E-state index contributed by atoms with van der Waals surface area (Å²) in [7, 11) is -4.83. The van der Waals surface area contributed by atoms with Crippen molar-refractivity contribution >= 4 is 40.2 Å². The molecule has 0 rings (SSSR count). The van der Waals surface area contributed by atoms with E-state index in [-0.39, 0.29) is 65.7 Å². The molecule has 0 aliphatic heterocycles. The van der Waals surface area contributed by atoms with Crippen LogP contribution in [0.5, 0.6) is 0 Å². The number of carboxylic acid groups (broad SMARTS) is 3. The zero-order chi connectivity index (χ0) is 28.9. The number of aliphatic hydroxyl groups is 1. The minimum Gasteiger partial charge on any atom is -0.550 e. The van der Waals surface area contributed by atoms with E-state index in [1.807, 2.05) is 0 Å². The van der Waals surface area contributed by atoms with Gasteiger partial charge in [-0.25, -0.2) is 4.79 Å². The van der Waals surface area contributed by atoms with Gasteiger partial charge >= 0.3 is 87.4 Å². The van der Waals surface area contributed by atoms with E-state index in [2.05, 4.69) is 11.1 Å². The third kappa shape index (κ3) is 31.6. The first kappa shape index (κ1) is 45.2. The van der Waals surface area contributed by atoms with Crippen LogP contribution in [0.2, 0.25) is 0 Å². The molecule has 1 atom stereocenters. The van der Waals surface area contributed by atoms with Crippen molar-refractivity contribution in [1.29, 1.82) is 0 Å². The summed E-state index contributed by atoms with van der Waals surface area (Å²) < 4.78 is 35.8. The molecule has 0 saturated carbocycles. The smallest absolute Gasteiger partial charge is 0.550 e. The summed E-state index contributed by atoms with van der Waals surface area (Å²) in [5, 5.41) is 38.7. The third-order valence-corrected chi connectivity index (χ3v) is 5.16. The summed E-state index contributed by atoms with van der Waals surface area (Å²) in [6.45, 7) is 2.33. The molecule has 0 aromatic rings. The molecule has 0 fully saturated rings. The van der Waals surface area contributed by atoms with Gasteiger partial charge in [0.15, 0.2) is 5.60 Å². The van der Waals surface area contributed by atoms with Gasteiger partial charge < -0.3 is 38.9 Å². The second-order valence-electron chi connectivity index (χ2n) is 8.22. The Hall–Kier alpha value is -0.780. The van der Waals surface area contributed by atoms with Gasteiger partial charge in [0.25, 0.3) is 0 Å². The van der Waals surface area contributed by atoms with Crippen molar-refractivity contribution < 1.29 is 125 Å². The molecule has 0 radical (unpaired) electrons. The summed E-state index contributed by atoms with van der Waals surface area (Å²) in [5.41, 5.74) is -2.69. The Balaban J connectivity index is -0.000000371. The standard InChI is InChI=1S/C18H32O7.C4H6O7S.2Na/c1-2-3-4-5-6-7-8-9-10-11-12-25-16(21)14-18(24,17(22)23)13-15(19)20;5-3(6)1-2-4(7)11-12(8,9)10;;/h24H,2-14H2,1H3,(H,19,20)(H,22,23);1-2H2,(H,5,6)(H,8,9,10);;/q;;2*+1/p-2. The zero-order valence-corrected chi connectivity index (χ0v) is 27.7. The molecule has 0 aromatic carbocycles. The Morgan fingerprint density at radius 1 is 0.744 bits per heavy atom. The number of esters is 1. The van der Waals surface area contributed by atoms with Gasteiger partial charge in [-0.1, -0.05) is 64.7 Å². The molecule has 0 aromatic heterocycles. The third-order valence-electron chi connectivity index (χ3n) is 4.76. The quantitative estimate of drug-likeness (QED) is 0.0508. The molecule has 1 unspecified atom stereocenters. The molecule has 39 heavy (non-hydrogen) atoms. The summed E-state index contributed by atoms with van der Waals surface area (Å²) in [6, 6.07) is 0. The number of ether oxygens (including phenoxy) is 1. The minimum absolute atomic E-state index is 0. The van der Waals surface area contributed by atoms with Crippen molar-refractivity contribution in [2.45, 2.75) is 102 Å². The summed E-state index contributed by atoms with van der Waals surface area (Å²) in [5.74, 6) is -7.31. The van der Waals surface area contributed by atoms with Crippen LogP contribution in [0.3, 0.4) is 0 Å². The van der Waals surface area contributed by atoms with Crippen LogP contribution in [0.1, 0.15) is 96.8 Å². The number of aliphatic carboxylic acids is 3. The topological polar surface area (TPSA) is 245 Å². The molecule has 0 aliphatic rings. The maximum Gasteiger partial charge on any atom is 1.00 e. The molecule has 14 nitrogen and oxygen atoms in total. The number of carboxylic acids is 3. The van der Waals surface area contributed by atoms with Crippen molar-refractivity contribution in [2.24, 2.45) is 0 Å². The largest absolute Gasteiger partial charge is 1.00 e.